The molecule has 2 aliphatic heterocycles. The molecule has 19 heavy (non-hydrogen) atoms. The summed E-state index contributed by atoms with van der Waals surface area (Å²) >= 11 is 0. The van der Waals surface area contributed by atoms with E-state index in [0.717, 1.165) is 37.3 Å². The number of esters is 1. The second-order valence-electron chi connectivity index (χ2n) is 4.83. The van der Waals surface area contributed by atoms with Crippen LogP contribution >= 0.6 is 0 Å². The molecule has 102 valence electrons. The van der Waals surface area contributed by atoms with Gasteiger partial charge in [0.1, 0.15) is 5.82 Å². The summed E-state index contributed by atoms with van der Waals surface area (Å²) in [4.78, 5) is 20.9. The van der Waals surface area contributed by atoms with Gasteiger partial charge >= 0.3 is 5.97 Å². The van der Waals surface area contributed by atoms with Crippen molar-refractivity contribution in [3.63, 3.8) is 0 Å². The number of rotatable bonds is 2. The molecule has 1 N–H and O–H groups in total. The molecule has 0 radical (unpaired) electrons. The molecular formula is C13H17N3O3. The first kappa shape index (κ1) is 12.5. The van der Waals surface area contributed by atoms with Crippen LogP contribution in [-0.4, -0.2) is 42.8 Å². The molecule has 1 saturated heterocycles. The van der Waals surface area contributed by atoms with Crippen LogP contribution in [0.3, 0.4) is 0 Å². The van der Waals surface area contributed by atoms with Crippen molar-refractivity contribution in [2.75, 3.05) is 26.9 Å². The fraction of sp³-hybridized carbons (Fsp3) is 0.615. The first-order valence-corrected chi connectivity index (χ1v) is 6.56. The maximum Gasteiger partial charge on any atom is 0.357 e. The minimum absolute atomic E-state index is 0.190. The number of nitrogens with zero attached hydrogens (tertiary/aromatic N) is 2. The van der Waals surface area contributed by atoms with Crippen molar-refractivity contribution in [1.82, 2.24) is 15.3 Å². The molecule has 1 aromatic rings. The van der Waals surface area contributed by atoms with Crippen molar-refractivity contribution >= 4 is 5.97 Å². The van der Waals surface area contributed by atoms with Gasteiger partial charge in [-0.1, -0.05) is 0 Å². The third kappa shape index (κ3) is 2.33. The van der Waals surface area contributed by atoms with E-state index >= 15 is 0 Å². The fourth-order valence-corrected chi connectivity index (χ4v) is 2.56. The van der Waals surface area contributed by atoms with E-state index in [2.05, 4.69) is 15.3 Å². The van der Waals surface area contributed by atoms with E-state index in [-0.39, 0.29) is 11.9 Å². The number of carbonyl (C=O) groups is 1. The lowest BCUT2D eigenvalue weighted by Gasteiger charge is -2.20. The van der Waals surface area contributed by atoms with Gasteiger partial charge in [0.05, 0.1) is 19.4 Å². The summed E-state index contributed by atoms with van der Waals surface area (Å²) in [6.07, 6.45) is 1.67. The molecule has 6 heteroatoms. The molecule has 1 atom stereocenters. The number of carbonyl (C=O) groups excluding carboxylic acids is 1. The van der Waals surface area contributed by atoms with E-state index < -0.39 is 0 Å². The Balaban J connectivity index is 2.04. The first-order chi connectivity index (χ1) is 9.29. The van der Waals surface area contributed by atoms with Crippen molar-refractivity contribution in [2.24, 2.45) is 0 Å². The van der Waals surface area contributed by atoms with E-state index in [0.29, 0.717) is 24.7 Å². The quantitative estimate of drug-likeness (QED) is 0.779. The molecule has 0 spiro atoms. The van der Waals surface area contributed by atoms with Crippen LogP contribution in [-0.2, 0) is 22.4 Å². The number of nitrogens with one attached hydrogen (secondary N) is 1. The highest BCUT2D eigenvalue weighted by atomic mass is 16.5. The normalized spacial score (nSPS) is 22.1. The first-order valence-electron chi connectivity index (χ1n) is 6.56. The number of fused-ring (bicyclic) bond motifs is 1. The zero-order valence-corrected chi connectivity index (χ0v) is 10.9. The third-order valence-corrected chi connectivity index (χ3v) is 3.63. The van der Waals surface area contributed by atoms with Gasteiger partial charge in [-0.3, -0.25) is 0 Å². The highest BCUT2D eigenvalue weighted by Crippen LogP contribution is 2.25. The van der Waals surface area contributed by atoms with Gasteiger partial charge in [0.25, 0.3) is 0 Å². The summed E-state index contributed by atoms with van der Waals surface area (Å²) in [5.41, 5.74) is 2.27. The molecule has 6 nitrogen and oxygen atoms in total. The Morgan fingerprint density at radius 2 is 2.37 bits per heavy atom. The van der Waals surface area contributed by atoms with Crippen LogP contribution in [0.5, 0.6) is 0 Å². The minimum atomic E-state index is -0.374. The van der Waals surface area contributed by atoms with Crippen LogP contribution in [0.1, 0.15) is 39.9 Å². The topological polar surface area (TPSA) is 73.3 Å². The number of hydrogen-bond donors (Lipinski definition) is 1. The molecule has 1 aromatic heterocycles. The third-order valence-electron chi connectivity index (χ3n) is 3.63. The van der Waals surface area contributed by atoms with Gasteiger partial charge in [-0.05, 0) is 19.4 Å². The summed E-state index contributed by atoms with van der Waals surface area (Å²) < 4.78 is 10.2. The Bertz CT molecular complexity index is 498. The number of methoxy groups -OCH3 is 1. The van der Waals surface area contributed by atoms with Crippen molar-refractivity contribution in [1.29, 1.82) is 0 Å². The van der Waals surface area contributed by atoms with Crippen LogP contribution < -0.4 is 5.32 Å². The summed E-state index contributed by atoms with van der Waals surface area (Å²) in [5, 5.41) is 3.27. The summed E-state index contributed by atoms with van der Waals surface area (Å²) in [6.45, 7) is 2.89. The SMILES string of the molecule is COC(=O)c1nc(C2CCOC2)nc2c1CCNC2. The molecule has 2 aliphatic rings. The highest BCUT2D eigenvalue weighted by Gasteiger charge is 2.27. The van der Waals surface area contributed by atoms with Crippen molar-refractivity contribution in [2.45, 2.75) is 25.3 Å². The molecular weight excluding hydrogens is 246 g/mol. The molecule has 0 aliphatic carbocycles. The highest BCUT2D eigenvalue weighted by molar-refractivity contribution is 5.89. The van der Waals surface area contributed by atoms with E-state index in [1.54, 1.807) is 0 Å². The molecule has 0 saturated carbocycles. The van der Waals surface area contributed by atoms with Crippen LogP contribution in [0.4, 0.5) is 0 Å². The van der Waals surface area contributed by atoms with Gasteiger partial charge in [-0.15, -0.1) is 0 Å². The molecule has 0 amide bonds. The minimum Gasteiger partial charge on any atom is -0.464 e. The lowest BCUT2D eigenvalue weighted by atomic mass is 10.0. The van der Waals surface area contributed by atoms with Crippen LogP contribution in [0.2, 0.25) is 0 Å². The Labute approximate surface area is 111 Å². The molecule has 0 aromatic carbocycles. The van der Waals surface area contributed by atoms with E-state index in [4.69, 9.17) is 9.47 Å². The monoisotopic (exact) mass is 263 g/mol. The molecule has 3 rings (SSSR count). The van der Waals surface area contributed by atoms with Gasteiger partial charge in [-0.2, -0.15) is 0 Å². The maximum atomic E-state index is 11.9. The average molecular weight is 263 g/mol. The lowest BCUT2D eigenvalue weighted by Crippen LogP contribution is -2.29. The van der Waals surface area contributed by atoms with Crippen LogP contribution in [0.15, 0.2) is 0 Å². The van der Waals surface area contributed by atoms with Gasteiger partial charge in [0.15, 0.2) is 5.69 Å². The summed E-state index contributed by atoms with van der Waals surface area (Å²) in [7, 11) is 1.39. The zero-order valence-electron chi connectivity index (χ0n) is 10.9. The predicted octanol–water partition coefficient (Wildman–Crippen LogP) is 0.413. The van der Waals surface area contributed by atoms with Gasteiger partial charge < -0.3 is 14.8 Å². The molecule has 0 bridgehead atoms. The smallest absolute Gasteiger partial charge is 0.357 e. The largest absolute Gasteiger partial charge is 0.464 e. The Kier molecular flexibility index (Phi) is 3.44. The van der Waals surface area contributed by atoms with Gasteiger partial charge in [0.2, 0.25) is 0 Å². The maximum absolute atomic E-state index is 11.9. The van der Waals surface area contributed by atoms with E-state index in [9.17, 15) is 4.79 Å². The summed E-state index contributed by atoms with van der Waals surface area (Å²) in [5.74, 6) is 0.525. The van der Waals surface area contributed by atoms with Crippen LogP contribution in [0.25, 0.3) is 0 Å². The predicted molar refractivity (Wildman–Crippen MR) is 67.0 cm³/mol. The van der Waals surface area contributed by atoms with Crippen molar-refractivity contribution in [3.8, 4) is 0 Å². The zero-order chi connectivity index (χ0) is 13.2. The van der Waals surface area contributed by atoms with Crippen LogP contribution in [0, 0.1) is 0 Å². The summed E-state index contributed by atoms with van der Waals surface area (Å²) in [6, 6.07) is 0. The Morgan fingerprint density at radius 3 is 3.11 bits per heavy atom. The average Bonchev–Trinajstić information content (AvgIpc) is 2.99. The Morgan fingerprint density at radius 1 is 1.47 bits per heavy atom. The number of hydrogen-bond acceptors (Lipinski definition) is 6. The number of aromatic nitrogens is 2. The second-order valence-corrected chi connectivity index (χ2v) is 4.83. The number of ether oxygens (including phenoxy) is 2. The van der Waals surface area contributed by atoms with Crippen molar-refractivity contribution < 1.29 is 14.3 Å². The second kappa shape index (κ2) is 5.22. The van der Waals surface area contributed by atoms with Gasteiger partial charge in [0, 0.05) is 24.6 Å². The Hall–Kier alpha value is -1.53. The fourth-order valence-electron chi connectivity index (χ4n) is 2.56. The molecule has 1 unspecified atom stereocenters. The van der Waals surface area contributed by atoms with Crippen molar-refractivity contribution in [3.05, 3.63) is 22.8 Å². The lowest BCUT2D eigenvalue weighted by molar-refractivity contribution is 0.0591. The standard InChI is InChI=1S/C13H17N3O3/c1-18-13(17)11-9-2-4-14-6-10(9)15-12(16-11)8-3-5-19-7-8/h8,14H,2-7H2,1H3. The van der Waals surface area contributed by atoms with E-state index in [1.807, 2.05) is 0 Å². The van der Waals surface area contributed by atoms with E-state index in [1.165, 1.54) is 7.11 Å². The molecule has 1 fully saturated rings. The van der Waals surface area contributed by atoms with Gasteiger partial charge in [-0.25, -0.2) is 14.8 Å². The molecule has 3 heterocycles.